The van der Waals surface area contributed by atoms with Crippen molar-refractivity contribution >= 4 is 34.1 Å². The topological polar surface area (TPSA) is 50.9 Å². The molecule has 1 N–H and O–H groups in total. The second kappa shape index (κ2) is 6.22. The molecule has 1 aromatic carbocycles. The number of methoxy groups -OCH3 is 1. The van der Waals surface area contributed by atoms with Crippen LogP contribution in [0.25, 0.3) is 22.0 Å². The van der Waals surface area contributed by atoms with E-state index < -0.39 is 0 Å². The molecular formula is C17H15Cl2N3O. The quantitative estimate of drug-likeness (QED) is 0.708. The Morgan fingerprint density at radius 2 is 2.04 bits per heavy atom. The first kappa shape index (κ1) is 15.8. The predicted octanol–water partition coefficient (Wildman–Crippen LogP) is 4.52. The number of nitrogens with zero attached hydrogens (tertiary/aromatic N) is 2. The normalized spacial score (nSPS) is 11.0. The third-order valence-corrected chi connectivity index (χ3v) is 4.30. The molecule has 0 spiro atoms. The minimum Gasteiger partial charge on any atom is -0.496 e. The van der Waals surface area contributed by atoms with Crippen molar-refractivity contribution in [1.29, 1.82) is 5.41 Å². The van der Waals surface area contributed by atoms with Gasteiger partial charge in [0.25, 0.3) is 0 Å². The summed E-state index contributed by atoms with van der Waals surface area (Å²) >= 11 is 12.4. The summed E-state index contributed by atoms with van der Waals surface area (Å²) in [6, 6.07) is 9.12. The SMILES string of the molecule is CCn1c(=N)c(-c2c(Cl)cccc2OC)cc2cnc(Cl)cc21. The summed E-state index contributed by atoms with van der Waals surface area (Å²) < 4.78 is 7.30. The number of hydrogen-bond donors (Lipinski definition) is 1. The molecule has 0 radical (unpaired) electrons. The molecule has 3 rings (SSSR count). The zero-order valence-corrected chi connectivity index (χ0v) is 14.2. The van der Waals surface area contributed by atoms with Gasteiger partial charge in [0, 0.05) is 29.3 Å². The second-order valence-corrected chi connectivity index (χ2v) is 5.83. The van der Waals surface area contributed by atoms with E-state index in [2.05, 4.69) is 4.98 Å². The van der Waals surface area contributed by atoms with E-state index in [4.69, 9.17) is 33.3 Å². The Balaban J connectivity index is 2.43. The van der Waals surface area contributed by atoms with Gasteiger partial charge >= 0.3 is 0 Å². The standard InChI is InChI=1S/C17H15Cl2N3O/c1-3-22-13-8-15(19)21-9-10(13)7-11(17(22)20)16-12(18)5-4-6-14(16)23-2/h4-9,20H,3H2,1-2H3. The van der Waals surface area contributed by atoms with Crippen LogP contribution in [0.2, 0.25) is 10.2 Å². The van der Waals surface area contributed by atoms with Crippen LogP contribution in [0.3, 0.4) is 0 Å². The highest BCUT2D eigenvalue weighted by Gasteiger charge is 2.15. The third kappa shape index (κ3) is 2.69. The van der Waals surface area contributed by atoms with Crippen LogP contribution >= 0.6 is 23.2 Å². The largest absolute Gasteiger partial charge is 0.496 e. The maximum absolute atomic E-state index is 8.59. The molecule has 0 saturated carbocycles. The highest BCUT2D eigenvalue weighted by molar-refractivity contribution is 6.33. The molecule has 2 heterocycles. The van der Waals surface area contributed by atoms with Crippen LogP contribution in [0, 0.1) is 5.41 Å². The highest BCUT2D eigenvalue weighted by Crippen LogP contribution is 2.35. The van der Waals surface area contributed by atoms with E-state index in [1.807, 2.05) is 29.7 Å². The van der Waals surface area contributed by atoms with Gasteiger partial charge in [0.1, 0.15) is 16.4 Å². The van der Waals surface area contributed by atoms with Crippen LogP contribution < -0.4 is 10.2 Å². The average Bonchev–Trinajstić information content (AvgIpc) is 2.54. The first-order valence-electron chi connectivity index (χ1n) is 7.13. The van der Waals surface area contributed by atoms with E-state index in [1.54, 1.807) is 25.4 Å². The average molecular weight is 348 g/mol. The van der Waals surface area contributed by atoms with Crippen molar-refractivity contribution in [3.8, 4) is 16.9 Å². The monoisotopic (exact) mass is 347 g/mol. The lowest BCUT2D eigenvalue weighted by molar-refractivity contribution is 0.416. The second-order valence-electron chi connectivity index (χ2n) is 5.03. The number of ether oxygens (including phenoxy) is 1. The Morgan fingerprint density at radius 3 is 2.74 bits per heavy atom. The fraction of sp³-hybridized carbons (Fsp3) is 0.176. The van der Waals surface area contributed by atoms with Crippen LogP contribution in [0.15, 0.2) is 36.5 Å². The van der Waals surface area contributed by atoms with Gasteiger partial charge in [-0.3, -0.25) is 5.41 Å². The van der Waals surface area contributed by atoms with Crippen LogP contribution in [-0.4, -0.2) is 16.7 Å². The molecule has 0 unspecified atom stereocenters. The van der Waals surface area contributed by atoms with E-state index in [9.17, 15) is 0 Å². The van der Waals surface area contributed by atoms with Crippen molar-refractivity contribution in [1.82, 2.24) is 9.55 Å². The summed E-state index contributed by atoms with van der Waals surface area (Å²) in [5.41, 5.74) is 2.63. The number of rotatable bonds is 3. The molecule has 0 fully saturated rings. The van der Waals surface area contributed by atoms with Crippen LogP contribution in [0.4, 0.5) is 0 Å². The molecule has 0 aliphatic carbocycles. The number of halogens is 2. The van der Waals surface area contributed by atoms with Gasteiger partial charge in [-0.25, -0.2) is 4.98 Å². The van der Waals surface area contributed by atoms with Gasteiger partial charge in [-0.15, -0.1) is 0 Å². The third-order valence-electron chi connectivity index (χ3n) is 3.78. The van der Waals surface area contributed by atoms with Gasteiger partial charge in [0.15, 0.2) is 0 Å². The van der Waals surface area contributed by atoms with E-state index in [0.29, 0.717) is 39.1 Å². The Labute approximate surface area is 143 Å². The first-order valence-corrected chi connectivity index (χ1v) is 7.89. The number of benzene rings is 1. The zero-order valence-electron chi connectivity index (χ0n) is 12.7. The molecule has 3 aromatic rings. The van der Waals surface area contributed by atoms with Gasteiger partial charge < -0.3 is 9.30 Å². The molecule has 0 atom stereocenters. The molecule has 4 nitrogen and oxygen atoms in total. The van der Waals surface area contributed by atoms with Crippen molar-refractivity contribution < 1.29 is 4.74 Å². The van der Waals surface area contributed by atoms with Crippen LogP contribution in [0.1, 0.15) is 6.92 Å². The number of fused-ring (bicyclic) bond motifs is 1. The van der Waals surface area contributed by atoms with Gasteiger partial charge in [-0.2, -0.15) is 0 Å². The molecular weight excluding hydrogens is 333 g/mol. The van der Waals surface area contributed by atoms with E-state index in [-0.39, 0.29) is 0 Å². The number of aryl methyl sites for hydroxylation is 1. The Kier molecular flexibility index (Phi) is 4.28. The maximum Gasteiger partial charge on any atom is 0.133 e. The van der Waals surface area contributed by atoms with Gasteiger partial charge in [0.2, 0.25) is 0 Å². The number of nitrogens with one attached hydrogen (secondary N) is 1. The summed E-state index contributed by atoms with van der Waals surface area (Å²) in [7, 11) is 1.59. The summed E-state index contributed by atoms with van der Waals surface area (Å²) in [6.07, 6.45) is 1.70. The molecule has 118 valence electrons. The smallest absolute Gasteiger partial charge is 0.133 e. The van der Waals surface area contributed by atoms with Crippen molar-refractivity contribution in [3.05, 3.63) is 52.2 Å². The minimum absolute atomic E-state index is 0.355. The summed E-state index contributed by atoms with van der Waals surface area (Å²) in [5.74, 6) is 0.634. The number of pyridine rings is 2. The molecule has 0 saturated heterocycles. The summed E-state index contributed by atoms with van der Waals surface area (Å²) in [5, 5.41) is 10.4. The number of aromatic nitrogens is 2. The van der Waals surface area contributed by atoms with E-state index >= 15 is 0 Å². The fourth-order valence-electron chi connectivity index (χ4n) is 2.72. The molecule has 6 heteroatoms. The molecule has 0 aliphatic heterocycles. The van der Waals surface area contributed by atoms with Gasteiger partial charge in [-0.1, -0.05) is 29.3 Å². The van der Waals surface area contributed by atoms with Crippen molar-refractivity contribution in [3.63, 3.8) is 0 Å². The van der Waals surface area contributed by atoms with Crippen LogP contribution in [0.5, 0.6) is 5.75 Å². The first-order chi connectivity index (χ1) is 11.1. The summed E-state index contributed by atoms with van der Waals surface area (Å²) in [6.45, 7) is 2.62. The van der Waals surface area contributed by atoms with Crippen molar-refractivity contribution in [2.24, 2.45) is 0 Å². The molecule has 0 bridgehead atoms. The molecule has 23 heavy (non-hydrogen) atoms. The molecule has 0 aliphatic rings. The number of hydrogen-bond acceptors (Lipinski definition) is 3. The lowest BCUT2D eigenvalue weighted by atomic mass is 10.0. The lowest BCUT2D eigenvalue weighted by Crippen LogP contribution is -2.22. The van der Waals surface area contributed by atoms with Crippen LogP contribution in [-0.2, 0) is 6.54 Å². The van der Waals surface area contributed by atoms with E-state index in [1.165, 1.54) is 0 Å². The van der Waals surface area contributed by atoms with Crippen molar-refractivity contribution in [2.75, 3.05) is 7.11 Å². The lowest BCUT2D eigenvalue weighted by Gasteiger charge is -2.16. The zero-order chi connectivity index (χ0) is 16.6. The molecule has 0 amide bonds. The summed E-state index contributed by atoms with van der Waals surface area (Å²) in [4.78, 5) is 4.14. The van der Waals surface area contributed by atoms with Gasteiger partial charge in [0.05, 0.1) is 17.6 Å². The Hall–Kier alpha value is -2.04. The van der Waals surface area contributed by atoms with Crippen molar-refractivity contribution in [2.45, 2.75) is 13.5 Å². The molecule has 2 aromatic heterocycles. The Bertz CT molecular complexity index is 950. The minimum atomic E-state index is 0.355. The van der Waals surface area contributed by atoms with Gasteiger partial charge in [-0.05, 0) is 31.2 Å². The predicted molar refractivity (Wildman–Crippen MR) is 93.3 cm³/mol. The maximum atomic E-state index is 8.59. The van der Waals surface area contributed by atoms with E-state index in [0.717, 1.165) is 10.9 Å². The highest BCUT2D eigenvalue weighted by atomic mass is 35.5. The Morgan fingerprint density at radius 1 is 1.26 bits per heavy atom. The fourth-order valence-corrected chi connectivity index (χ4v) is 3.14.